The predicted octanol–water partition coefficient (Wildman–Crippen LogP) is 4.95. The number of aromatic nitrogens is 3. The van der Waals surface area contributed by atoms with Gasteiger partial charge in [0.25, 0.3) is 0 Å². The zero-order valence-corrected chi connectivity index (χ0v) is 19.0. The van der Waals surface area contributed by atoms with E-state index in [2.05, 4.69) is 29.0 Å². The molecular formula is C24H28N4O2S. The minimum atomic E-state index is -0.0696. The van der Waals surface area contributed by atoms with Crippen LogP contribution in [-0.2, 0) is 24.4 Å². The lowest BCUT2D eigenvalue weighted by molar-refractivity contribution is -0.113. The van der Waals surface area contributed by atoms with Crippen molar-refractivity contribution in [3.63, 3.8) is 0 Å². The SMILES string of the molecule is C=CCn1c(COc2ccccc2C)nnc1SCC(=O)Nc1c(C)cccc1CC. The lowest BCUT2D eigenvalue weighted by atomic mass is 10.1. The molecule has 0 aliphatic heterocycles. The standard InChI is InChI=1S/C24H28N4O2S/c1-5-14-28-21(15-30-20-13-8-7-10-17(20)3)26-27-24(28)31-16-22(29)25-23-18(4)11-9-12-19(23)6-2/h5,7-13H,1,6,14-16H2,2-4H3,(H,25,29). The zero-order valence-electron chi connectivity index (χ0n) is 18.2. The van der Waals surface area contributed by atoms with Gasteiger partial charge in [0.05, 0.1) is 5.75 Å². The molecule has 0 bridgehead atoms. The number of amides is 1. The second-order valence-corrected chi connectivity index (χ2v) is 8.09. The Morgan fingerprint density at radius 1 is 1.16 bits per heavy atom. The fourth-order valence-electron chi connectivity index (χ4n) is 3.21. The van der Waals surface area contributed by atoms with Gasteiger partial charge in [-0.15, -0.1) is 16.8 Å². The average Bonchev–Trinajstić information content (AvgIpc) is 3.15. The monoisotopic (exact) mass is 436 g/mol. The van der Waals surface area contributed by atoms with E-state index in [1.54, 1.807) is 6.08 Å². The Morgan fingerprint density at radius 3 is 2.68 bits per heavy atom. The van der Waals surface area contributed by atoms with Crippen LogP contribution < -0.4 is 10.1 Å². The largest absolute Gasteiger partial charge is 0.485 e. The molecule has 0 atom stereocenters. The Hall–Kier alpha value is -3.06. The molecule has 3 rings (SSSR count). The number of hydrogen-bond donors (Lipinski definition) is 1. The van der Waals surface area contributed by atoms with E-state index < -0.39 is 0 Å². The van der Waals surface area contributed by atoms with Crippen LogP contribution in [0, 0.1) is 13.8 Å². The Morgan fingerprint density at radius 2 is 1.94 bits per heavy atom. The highest BCUT2D eigenvalue weighted by Crippen LogP contribution is 2.23. The van der Waals surface area contributed by atoms with Gasteiger partial charge in [-0.05, 0) is 43.0 Å². The van der Waals surface area contributed by atoms with E-state index >= 15 is 0 Å². The van der Waals surface area contributed by atoms with Crippen molar-refractivity contribution in [1.29, 1.82) is 0 Å². The molecule has 2 aromatic carbocycles. The summed E-state index contributed by atoms with van der Waals surface area (Å²) in [4.78, 5) is 12.6. The lowest BCUT2D eigenvalue weighted by Gasteiger charge is -2.13. The fraction of sp³-hybridized carbons (Fsp3) is 0.292. The third-order valence-corrected chi connectivity index (χ3v) is 5.86. The summed E-state index contributed by atoms with van der Waals surface area (Å²) < 4.78 is 7.85. The molecule has 0 radical (unpaired) electrons. The summed E-state index contributed by atoms with van der Waals surface area (Å²) in [6.45, 7) is 10.7. The maximum Gasteiger partial charge on any atom is 0.234 e. The van der Waals surface area contributed by atoms with Gasteiger partial charge in [0.2, 0.25) is 5.91 Å². The zero-order chi connectivity index (χ0) is 22.2. The molecule has 162 valence electrons. The maximum atomic E-state index is 12.6. The van der Waals surface area contributed by atoms with E-state index in [4.69, 9.17) is 4.74 Å². The molecule has 1 N–H and O–H groups in total. The van der Waals surface area contributed by atoms with Gasteiger partial charge in [0, 0.05) is 12.2 Å². The first-order valence-electron chi connectivity index (χ1n) is 10.3. The van der Waals surface area contributed by atoms with Crippen molar-refractivity contribution in [1.82, 2.24) is 14.8 Å². The van der Waals surface area contributed by atoms with Crippen LogP contribution in [0.15, 0.2) is 60.3 Å². The highest BCUT2D eigenvalue weighted by Gasteiger charge is 2.15. The Balaban J connectivity index is 1.66. The summed E-state index contributed by atoms with van der Waals surface area (Å²) >= 11 is 1.35. The summed E-state index contributed by atoms with van der Waals surface area (Å²) in [6, 6.07) is 13.9. The average molecular weight is 437 g/mol. The number of benzene rings is 2. The van der Waals surface area contributed by atoms with Crippen molar-refractivity contribution in [2.75, 3.05) is 11.1 Å². The summed E-state index contributed by atoms with van der Waals surface area (Å²) in [5, 5.41) is 12.3. The van der Waals surface area contributed by atoms with Crippen LogP contribution in [0.5, 0.6) is 5.75 Å². The molecule has 1 amide bonds. The van der Waals surface area contributed by atoms with Crippen molar-refractivity contribution >= 4 is 23.4 Å². The van der Waals surface area contributed by atoms with Crippen LogP contribution in [0.4, 0.5) is 5.69 Å². The van der Waals surface area contributed by atoms with Crippen molar-refractivity contribution in [2.45, 2.75) is 45.5 Å². The number of ether oxygens (including phenoxy) is 1. The summed E-state index contributed by atoms with van der Waals surface area (Å²) in [7, 11) is 0. The molecule has 0 aliphatic rings. The molecule has 0 saturated carbocycles. The first kappa shape index (κ1) is 22.6. The topological polar surface area (TPSA) is 69.0 Å². The number of hydrogen-bond acceptors (Lipinski definition) is 5. The number of anilines is 1. The Labute approximate surface area is 187 Å². The van der Waals surface area contributed by atoms with Crippen LogP contribution in [0.25, 0.3) is 0 Å². The summed E-state index contributed by atoms with van der Waals surface area (Å²) in [5.74, 6) is 1.68. The number of thioether (sulfide) groups is 1. The van der Waals surface area contributed by atoms with Crippen molar-refractivity contribution in [2.24, 2.45) is 0 Å². The van der Waals surface area contributed by atoms with E-state index in [1.807, 2.05) is 60.9 Å². The van der Waals surface area contributed by atoms with Crippen LogP contribution in [-0.4, -0.2) is 26.4 Å². The number of nitrogens with zero attached hydrogens (tertiary/aromatic N) is 3. The first-order chi connectivity index (χ1) is 15.0. The third kappa shape index (κ3) is 5.76. The molecule has 3 aromatic rings. The van der Waals surface area contributed by atoms with Gasteiger partial charge in [-0.1, -0.05) is 61.2 Å². The summed E-state index contributed by atoms with van der Waals surface area (Å²) in [6.07, 6.45) is 2.65. The van der Waals surface area contributed by atoms with Gasteiger partial charge < -0.3 is 10.1 Å². The molecule has 0 saturated heterocycles. The highest BCUT2D eigenvalue weighted by atomic mass is 32.2. The quantitative estimate of drug-likeness (QED) is 0.360. The Bertz CT molecular complexity index is 1060. The molecule has 1 aromatic heterocycles. The van der Waals surface area contributed by atoms with E-state index in [9.17, 15) is 4.79 Å². The van der Waals surface area contributed by atoms with Gasteiger partial charge >= 0.3 is 0 Å². The second kappa shape index (κ2) is 10.8. The third-order valence-electron chi connectivity index (χ3n) is 4.89. The predicted molar refractivity (Wildman–Crippen MR) is 126 cm³/mol. The van der Waals surface area contributed by atoms with Crippen molar-refractivity contribution < 1.29 is 9.53 Å². The molecule has 31 heavy (non-hydrogen) atoms. The maximum absolute atomic E-state index is 12.6. The van der Waals surface area contributed by atoms with Gasteiger partial charge in [-0.2, -0.15) is 0 Å². The minimum absolute atomic E-state index is 0.0696. The smallest absolute Gasteiger partial charge is 0.234 e. The number of carbonyl (C=O) groups excluding carboxylic acids is 1. The van der Waals surface area contributed by atoms with Crippen molar-refractivity contribution in [3.05, 3.63) is 77.6 Å². The number of aryl methyl sites for hydroxylation is 3. The van der Waals surface area contributed by atoms with Crippen molar-refractivity contribution in [3.8, 4) is 5.75 Å². The highest BCUT2D eigenvalue weighted by molar-refractivity contribution is 7.99. The van der Waals surface area contributed by atoms with E-state index in [0.29, 0.717) is 24.1 Å². The molecule has 6 nitrogen and oxygen atoms in total. The molecule has 0 unspecified atom stereocenters. The van der Waals surface area contributed by atoms with E-state index in [1.165, 1.54) is 11.8 Å². The second-order valence-electron chi connectivity index (χ2n) is 7.15. The number of allylic oxidation sites excluding steroid dienone is 1. The number of carbonyl (C=O) groups is 1. The molecule has 0 spiro atoms. The molecule has 1 heterocycles. The van der Waals surface area contributed by atoms with Crippen LogP contribution in [0.3, 0.4) is 0 Å². The van der Waals surface area contributed by atoms with Crippen LogP contribution in [0.2, 0.25) is 0 Å². The first-order valence-corrected chi connectivity index (χ1v) is 11.2. The van der Waals surface area contributed by atoms with Gasteiger partial charge in [-0.3, -0.25) is 9.36 Å². The van der Waals surface area contributed by atoms with Gasteiger partial charge in [0.15, 0.2) is 11.0 Å². The van der Waals surface area contributed by atoms with Gasteiger partial charge in [-0.25, -0.2) is 0 Å². The van der Waals surface area contributed by atoms with Crippen LogP contribution in [0.1, 0.15) is 29.4 Å². The number of rotatable bonds is 10. The lowest BCUT2D eigenvalue weighted by Crippen LogP contribution is -2.17. The number of para-hydroxylation sites is 2. The Kier molecular flexibility index (Phi) is 7.89. The molecule has 0 fully saturated rings. The molecule has 7 heteroatoms. The fourth-order valence-corrected chi connectivity index (χ4v) is 3.98. The van der Waals surface area contributed by atoms with E-state index in [0.717, 1.165) is 34.5 Å². The number of nitrogens with one attached hydrogen (secondary N) is 1. The van der Waals surface area contributed by atoms with Crippen LogP contribution >= 0.6 is 11.8 Å². The molecule has 0 aliphatic carbocycles. The molecular weight excluding hydrogens is 408 g/mol. The van der Waals surface area contributed by atoms with Gasteiger partial charge in [0.1, 0.15) is 12.4 Å². The normalized spacial score (nSPS) is 10.7. The van der Waals surface area contributed by atoms with E-state index in [-0.39, 0.29) is 11.7 Å². The summed E-state index contributed by atoms with van der Waals surface area (Å²) in [5.41, 5.74) is 4.15. The minimum Gasteiger partial charge on any atom is -0.485 e.